The molecule has 0 unspecified atom stereocenters. The zero-order valence-corrected chi connectivity index (χ0v) is 15.0. The van der Waals surface area contributed by atoms with Gasteiger partial charge >= 0.3 is 0 Å². The average Bonchev–Trinajstić information content (AvgIpc) is 2.57. The van der Waals surface area contributed by atoms with Crippen molar-refractivity contribution in [1.29, 1.82) is 0 Å². The molecule has 0 aliphatic rings. The minimum Gasteiger partial charge on any atom is -0.495 e. The molecule has 0 bridgehead atoms. The SMILES string of the molecule is COc1cc(NC(=O)CNc2ccc(C)c(C)c2)c(OC)cc1Cl. The van der Waals surface area contributed by atoms with Gasteiger partial charge in [0.1, 0.15) is 11.5 Å². The predicted octanol–water partition coefficient (Wildman–Crippen LogP) is 4.02. The summed E-state index contributed by atoms with van der Waals surface area (Å²) in [5, 5.41) is 6.31. The Morgan fingerprint density at radius 1 is 1.04 bits per heavy atom. The second-order valence-corrected chi connectivity index (χ2v) is 5.80. The van der Waals surface area contributed by atoms with E-state index in [1.165, 1.54) is 25.3 Å². The Labute approximate surface area is 146 Å². The lowest BCUT2D eigenvalue weighted by Gasteiger charge is -2.14. The van der Waals surface area contributed by atoms with Crippen LogP contribution >= 0.6 is 11.6 Å². The maximum Gasteiger partial charge on any atom is 0.243 e. The summed E-state index contributed by atoms with van der Waals surface area (Å²) in [7, 11) is 3.03. The Hall–Kier alpha value is -2.40. The fraction of sp³-hybridized carbons (Fsp3) is 0.278. The van der Waals surface area contributed by atoms with Crippen molar-refractivity contribution in [2.75, 3.05) is 31.4 Å². The van der Waals surface area contributed by atoms with E-state index < -0.39 is 0 Å². The van der Waals surface area contributed by atoms with Crippen LogP contribution in [-0.4, -0.2) is 26.7 Å². The highest BCUT2D eigenvalue weighted by atomic mass is 35.5. The summed E-state index contributed by atoms with van der Waals surface area (Å²) in [5.74, 6) is 0.742. The van der Waals surface area contributed by atoms with Gasteiger partial charge in [0.25, 0.3) is 0 Å². The first-order valence-corrected chi connectivity index (χ1v) is 7.85. The number of amides is 1. The van der Waals surface area contributed by atoms with Gasteiger partial charge in [-0.25, -0.2) is 0 Å². The fourth-order valence-corrected chi connectivity index (χ4v) is 2.42. The number of carbonyl (C=O) groups excluding carboxylic acids is 1. The van der Waals surface area contributed by atoms with Crippen LogP contribution in [0.15, 0.2) is 30.3 Å². The van der Waals surface area contributed by atoms with Gasteiger partial charge in [0, 0.05) is 17.8 Å². The first kappa shape index (κ1) is 17.9. The quantitative estimate of drug-likeness (QED) is 0.827. The van der Waals surface area contributed by atoms with E-state index >= 15 is 0 Å². The van der Waals surface area contributed by atoms with Crippen LogP contribution in [0.5, 0.6) is 11.5 Å². The Morgan fingerprint density at radius 2 is 1.75 bits per heavy atom. The third-order valence-corrected chi connectivity index (χ3v) is 4.00. The molecular weight excluding hydrogens is 328 g/mol. The molecule has 0 saturated carbocycles. The number of aryl methyl sites for hydroxylation is 2. The van der Waals surface area contributed by atoms with Gasteiger partial charge < -0.3 is 20.1 Å². The first-order valence-electron chi connectivity index (χ1n) is 7.47. The normalized spacial score (nSPS) is 10.2. The maximum absolute atomic E-state index is 12.2. The van der Waals surface area contributed by atoms with Crippen LogP contribution in [0.25, 0.3) is 0 Å². The van der Waals surface area contributed by atoms with E-state index in [0.717, 1.165) is 5.69 Å². The van der Waals surface area contributed by atoms with Crippen molar-refractivity contribution in [2.45, 2.75) is 13.8 Å². The number of nitrogens with one attached hydrogen (secondary N) is 2. The van der Waals surface area contributed by atoms with Gasteiger partial charge in [-0.05, 0) is 37.1 Å². The smallest absolute Gasteiger partial charge is 0.243 e. The van der Waals surface area contributed by atoms with Crippen LogP contribution in [0.4, 0.5) is 11.4 Å². The number of rotatable bonds is 6. The highest BCUT2D eigenvalue weighted by molar-refractivity contribution is 6.32. The average molecular weight is 349 g/mol. The van der Waals surface area contributed by atoms with E-state index in [2.05, 4.69) is 10.6 Å². The molecule has 0 radical (unpaired) electrons. The lowest BCUT2D eigenvalue weighted by Crippen LogP contribution is -2.22. The number of benzene rings is 2. The van der Waals surface area contributed by atoms with Gasteiger partial charge in [-0.15, -0.1) is 0 Å². The Balaban J connectivity index is 2.05. The number of carbonyl (C=O) groups is 1. The van der Waals surface area contributed by atoms with Gasteiger partial charge in [-0.1, -0.05) is 17.7 Å². The highest BCUT2D eigenvalue weighted by Crippen LogP contribution is 2.35. The van der Waals surface area contributed by atoms with E-state index in [0.29, 0.717) is 22.2 Å². The van der Waals surface area contributed by atoms with Gasteiger partial charge in [0.2, 0.25) is 5.91 Å². The Bertz CT molecular complexity index is 747. The molecule has 2 rings (SSSR count). The maximum atomic E-state index is 12.2. The molecule has 2 aromatic carbocycles. The minimum absolute atomic E-state index is 0.136. The topological polar surface area (TPSA) is 59.6 Å². The second-order valence-electron chi connectivity index (χ2n) is 5.39. The van der Waals surface area contributed by atoms with Crippen molar-refractivity contribution in [1.82, 2.24) is 0 Å². The summed E-state index contributed by atoms with van der Waals surface area (Å²) in [6.45, 7) is 4.22. The Morgan fingerprint density at radius 3 is 2.38 bits per heavy atom. The monoisotopic (exact) mass is 348 g/mol. The zero-order valence-electron chi connectivity index (χ0n) is 14.2. The molecule has 0 spiro atoms. The van der Waals surface area contributed by atoms with Crippen molar-refractivity contribution in [2.24, 2.45) is 0 Å². The molecule has 0 aliphatic heterocycles. The van der Waals surface area contributed by atoms with Gasteiger partial charge in [-0.2, -0.15) is 0 Å². The van der Waals surface area contributed by atoms with Gasteiger partial charge in [-0.3, -0.25) is 4.79 Å². The summed E-state index contributed by atoms with van der Waals surface area (Å²) in [6.07, 6.45) is 0. The van der Waals surface area contributed by atoms with Crippen molar-refractivity contribution >= 4 is 28.9 Å². The third-order valence-electron chi connectivity index (χ3n) is 3.71. The molecule has 2 N–H and O–H groups in total. The summed E-state index contributed by atoms with van der Waals surface area (Å²) < 4.78 is 10.4. The van der Waals surface area contributed by atoms with Crippen LogP contribution in [0.2, 0.25) is 5.02 Å². The summed E-state index contributed by atoms with van der Waals surface area (Å²) in [4.78, 5) is 12.2. The van der Waals surface area contributed by atoms with Crippen LogP contribution in [-0.2, 0) is 4.79 Å². The van der Waals surface area contributed by atoms with Crippen molar-refractivity contribution in [3.63, 3.8) is 0 Å². The van der Waals surface area contributed by atoms with Crippen LogP contribution < -0.4 is 20.1 Å². The molecule has 5 nitrogen and oxygen atoms in total. The number of halogens is 1. The van der Waals surface area contributed by atoms with Crippen LogP contribution in [0.1, 0.15) is 11.1 Å². The number of hydrogen-bond donors (Lipinski definition) is 2. The molecule has 6 heteroatoms. The molecule has 0 fully saturated rings. The third kappa shape index (κ3) is 4.32. The molecule has 0 saturated heterocycles. The molecule has 0 heterocycles. The fourth-order valence-electron chi connectivity index (χ4n) is 2.19. The summed E-state index contributed by atoms with van der Waals surface area (Å²) in [6, 6.07) is 9.21. The molecule has 1 amide bonds. The highest BCUT2D eigenvalue weighted by Gasteiger charge is 2.12. The van der Waals surface area contributed by atoms with Crippen LogP contribution in [0, 0.1) is 13.8 Å². The second kappa shape index (κ2) is 7.93. The van der Waals surface area contributed by atoms with Gasteiger partial charge in [0.05, 0.1) is 31.5 Å². The van der Waals surface area contributed by atoms with Crippen molar-refractivity contribution < 1.29 is 14.3 Å². The number of ether oxygens (including phenoxy) is 2. The van der Waals surface area contributed by atoms with Crippen LogP contribution in [0.3, 0.4) is 0 Å². The molecule has 0 aromatic heterocycles. The lowest BCUT2D eigenvalue weighted by molar-refractivity contribution is -0.114. The van der Waals surface area contributed by atoms with E-state index in [1.807, 2.05) is 32.0 Å². The first-order chi connectivity index (χ1) is 11.4. The number of anilines is 2. The number of hydrogen-bond acceptors (Lipinski definition) is 4. The predicted molar refractivity (Wildman–Crippen MR) is 97.6 cm³/mol. The number of methoxy groups -OCH3 is 2. The zero-order chi connectivity index (χ0) is 17.7. The van der Waals surface area contributed by atoms with E-state index in [4.69, 9.17) is 21.1 Å². The molecule has 0 atom stereocenters. The lowest BCUT2D eigenvalue weighted by atomic mass is 10.1. The molecule has 2 aromatic rings. The molecule has 128 valence electrons. The molecule has 24 heavy (non-hydrogen) atoms. The van der Waals surface area contributed by atoms with Crippen molar-refractivity contribution in [3.05, 3.63) is 46.5 Å². The summed E-state index contributed by atoms with van der Waals surface area (Å²) >= 11 is 6.06. The van der Waals surface area contributed by atoms with Gasteiger partial charge in [0.15, 0.2) is 0 Å². The Kier molecular flexibility index (Phi) is 5.93. The van der Waals surface area contributed by atoms with E-state index in [-0.39, 0.29) is 12.5 Å². The minimum atomic E-state index is -0.198. The summed E-state index contributed by atoms with van der Waals surface area (Å²) in [5.41, 5.74) is 3.78. The van der Waals surface area contributed by atoms with E-state index in [1.54, 1.807) is 12.1 Å². The largest absolute Gasteiger partial charge is 0.495 e. The molecular formula is C18H21ClN2O3. The van der Waals surface area contributed by atoms with E-state index in [9.17, 15) is 4.79 Å². The standard InChI is InChI=1S/C18H21ClN2O3/c1-11-5-6-13(7-12(11)2)20-10-18(22)21-15-9-16(23-3)14(19)8-17(15)24-4/h5-9,20H,10H2,1-4H3,(H,21,22). The van der Waals surface area contributed by atoms with Crippen molar-refractivity contribution in [3.8, 4) is 11.5 Å². The molecule has 0 aliphatic carbocycles.